The standard InChI is InChI=1S/C30H31ClN2O/c1-34-24-10-5-9-22(17-24)30-14-16-33(15-13-21-7-3-2-4-8-21)20-23(30)18-26-25-11-6-12-27(31)29(25)32-28(26)19-30/h2-12,17,23,32H,13-16,18-20H2,1H3. The molecule has 174 valence electrons. The summed E-state index contributed by atoms with van der Waals surface area (Å²) in [6.45, 7) is 3.36. The van der Waals surface area contributed by atoms with Gasteiger partial charge in [0.25, 0.3) is 0 Å². The number of aromatic amines is 1. The number of benzene rings is 3. The fraction of sp³-hybridized carbons (Fsp3) is 0.333. The Hall–Kier alpha value is -2.75. The second-order valence-electron chi connectivity index (χ2n) is 10.00. The molecule has 1 aromatic heterocycles. The van der Waals surface area contributed by atoms with Crippen LogP contribution < -0.4 is 4.74 Å². The molecule has 1 saturated heterocycles. The Morgan fingerprint density at radius 3 is 2.76 bits per heavy atom. The van der Waals surface area contributed by atoms with Crippen molar-refractivity contribution in [1.82, 2.24) is 9.88 Å². The molecule has 4 aromatic rings. The van der Waals surface area contributed by atoms with Crippen molar-refractivity contribution in [3.63, 3.8) is 0 Å². The summed E-state index contributed by atoms with van der Waals surface area (Å²) < 4.78 is 5.63. The van der Waals surface area contributed by atoms with Gasteiger partial charge in [-0.2, -0.15) is 0 Å². The Morgan fingerprint density at radius 1 is 1.06 bits per heavy atom. The van der Waals surface area contributed by atoms with Gasteiger partial charge in [-0.05, 0) is 73.0 Å². The van der Waals surface area contributed by atoms with E-state index >= 15 is 0 Å². The van der Waals surface area contributed by atoms with Gasteiger partial charge in [0.1, 0.15) is 5.75 Å². The molecule has 2 unspecified atom stereocenters. The lowest BCUT2D eigenvalue weighted by atomic mass is 9.58. The van der Waals surface area contributed by atoms with Crippen LogP contribution in [0.25, 0.3) is 10.9 Å². The number of halogens is 1. The predicted octanol–water partition coefficient (Wildman–Crippen LogP) is 6.43. The number of nitrogens with one attached hydrogen (secondary N) is 1. The second-order valence-corrected chi connectivity index (χ2v) is 10.4. The molecule has 2 atom stereocenters. The van der Waals surface area contributed by atoms with Crippen molar-refractivity contribution in [2.45, 2.75) is 31.1 Å². The summed E-state index contributed by atoms with van der Waals surface area (Å²) in [5.74, 6) is 1.50. The van der Waals surface area contributed by atoms with Crippen molar-refractivity contribution >= 4 is 22.5 Å². The first kappa shape index (κ1) is 21.8. The molecule has 3 nitrogen and oxygen atoms in total. The summed E-state index contributed by atoms with van der Waals surface area (Å²) in [6.07, 6.45) is 4.36. The third-order valence-corrected chi connectivity index (χ3v) is 8.58. The summed E-state index contributed by atoms with van der Waals surface area (Å²) in [7, 11) is 1.76. The molecular formula is C30H31ClN2O. The number of hydrogen-bond acceptors (Lipinski definition) is 2. The molecule has 1 N–H and O–H groups in total. The molecule has 3 aromatic carbocycles. The maximum absolute atomic E-state index is 6.59. The van der Waals surface area contributed by atoms with Crippen LogP contribution in [0, 0.1) is 5.92 Å². The summed E-state index contributed by atoms with van der Waals surface area (Å²) in [5.41, 5.74) is 6.86. The van der Waals surface area contributed by atoms with E-state index in [0.29, 0.717) is 5.92 Å². The van der Waals surface area contributed by atoms with Gasteiger partial charge in [0.2, 0.25) is 0 Å². The molecule has 0 radical (unpaired) electrons. The van der Waals surface area contributed by atoms with Gasteiger partial charge in [0.05, 0.1) is 17.6 Å². The first-order chi connectivity index (χ1) is 16.7. The van der Waals surface area contributed by atoms with Crippen LogP contribution in [0.15, 0.2) is 72.8 Å². The first-order valence-electron chi connectivity index (χ1n) is 12.3. The van der Waals surface area contributed by atoms with Crippen LogP contribution in [0.5, 0.6) is 5.75 Å². The summed E-state index contributed by atoms with van der Waals surface area (Å²) in [4.78, 5) is 6.41. The summed E-state index contributed by atoms with van der Waals surface area (Å²) >= 11 is 6.59. The number of nitrogens with zero attached hydrogens (tertiary/aromatic N) is 1. The number of rotatable bonds is 5. The Bertz CT molecular complexity index is 1310. The highest BCUT2D eigenvalue weighted by atomic mass is 35.5. The van der Waals surface area contributed by atoms with Gasteiger partial charge in [-0.15, -0.1) is 0 Å². The van der Waals surface area contributed by atoms with Gasteiger partial charge < -0.3 is 14.6 Å². The highest BCUT2D eigenvalue weighted by Gasteiger charge is 2.48. The number of methoxy groups -OCH3 is 1. The van der Waals surface area contributed by atoms with Crippen molar-refractivity contribution in [3.05, 3.63) is 100 Å². The van der Waals surface area contributed by atoms with Gasteiger partial charge in [-0.25, -0.2) is 0 Å². The molecule has 1 aliphatic carbocycles. The normalized spacial score (nSPS) is 22.4. The van der Waals surface area contributed by atoms with E-state index in [2.05, 4.69) is 76.6 Å². The minimum atomic E-state index is 0.109. The molecule has 1 fully saturated rings. The van der Waals surface area contributed by atoms with Crippen LogP contribution >= 0.6 is 11.6 Å². The molecule has 4 heteroatoms. The van der Waals surface area contributed by atoms with E-state index in [1.807, 2.05) is 6.07 Å². The Morgan fingerprint density at radius 2 is 1.91 bits per heavy atom. The minimum absolute atomic E-state index is 0.109. The Labute approximate surface area is 206 Å². The monoisotopic (exact) mass is 470 g/mol. The van der Waals surface area contributed by atoms with Crippen molar-refractivity contribution in [1.29, 1.82) is 0 Å². The molecule has 0 bridgehead atoms. The third-order valence-electron chi connectivity index (χ3n) is 8.26. The van der Waals surface area contributed by atoms with E-state index in [9.17, 15) is 0 Å². The van der Waals surface area contributed by atoms with Crippen LogP contribution in [0.1, 0.15) is 28.8 Å². The summed E-state index contributed by atoms with van der Waals surface area (Å²) in [5, 5.41) is 2.11. The van der Waals surface area contributed by atoms with Gasteiger partial charge in [-0.3, -0.25) is 0 Å². The Kier molecular flexibility index (Phi) is 5.63. The second kappa shape index (κ2) is 8.79. The van der Waals surface area contributed by atoms with Gasteiger partial charge in [0, 0.05) is 29.6 Å². The fourth-order valence-corrected chi connectivity index (χ4v) is 6.64. The molecule has 1 aliphatic heterocycles. The largest absolute Gasteiger partial charge is 0.497 e. The Balaban J connectivity index is 1.36. The van der Waals surface area contributed by atoms with Gasteiger partial charge in [0.15, 0.2) is 0 Å². The smallest absolute Gasteiger partial charge is 0.119 e. The maximum Gasteiger partial charge on any atom is 0.119 e. The van der Waals surface area contributed by atoms with E-state index in [0.717, 1.165) is 61.6 Å². The first-order valence-corrected chi connectivity index (χ1v) is 12.7. The number of H-pyrrole nitrogens is 1. The highest BCUT2D eigenvalue weighted by Crippen LogP contribution is 2.50. The average Bonchev–Trinajstić information content (AvgIpc) is 3.25. The van der Waals surface area contributed by atoms with E-state index in [-0.39, 0.29) is 5.41 Å². The SMILES string of the molecule is COc1cccc(C23CCN(CCc4ccccc4)CC2Cc2c([nH]c4c(Cl)cccc24)C3)c1. The molecular weight excluding hydrogens is 440 g/mol. The molecule has 2 aliphatic rings. The number of fused-ring (bicyclic) bond motifs is 4. The van der Waals surface area contributed by atoms with E-state index in [1.165, 1.54) is 27.8 Å². The van der Waals surface area contributed by atoms with Crippen LogP contribution in [0.2, 0.25) is 5.02 Å². The lowest BCUT2D eigenvalue weighted by Gasteiger charge is -2.51. The number of piperidine rings is 1. The van der Waals surface area contributed by atoms with Crippen molar-refractivity contribution in [2.24, 2.45) is 5.92 Å². The van der Waals surface area contributed by atoms with Crippen molar-refractivity contribution in [3.8, 4) is 5.75 Å². The van der Waals surface area contributed by atoms with Gasteiger partial charge >= 0.3 is 0 Å². The van der Waals surface area contributed by atoms with Gasteiger partial charge in [-0.1, -0.05) is 66.2 Å². The van der Waals surface area contributed by atoms with E-state index in [1.54, 1.807) is 7.11 Å². The van der Waals surface area contributed by atoms with Crippen LogP contribution in [-0.2, 0) is 24.7 Å². The molecule has 6 rings (SSSR count). The highest BCUT2D eigenvalue weighted by molar-refractivity contribution is 6.35. The lowest BCUT2D eigenvalue weighted by Crippen LogP contribution is -2.54. The number of aromatic nitrogens is 1. The number of likely N-dealkylation sites (tertiary alicyclic amines) is 1. The third kappa shape index (κ3) is 3.72. The quantitative estimate of drug-likeness (QED) is 0.364. The zero-order valence-corrected chi connectivity index (χ0v) is 20.4. The van der Waals surface area contributed by atoms with E-state index < -0.39 is 0 Å². The summed E-state index contributed by atoms with van der Waals surface area (Å²) in [6, 6.07) is 26.0. The minimum Gasteiger partial charge on any atom is -0.497 e. The maximum atomic E-state index is 6.59. The fourth-order valence-electron chi connectivity index (χ4n) is 6.42. The lowest BCUT2D eigenvalue weighted by molar-refractivity contribution is 0.0822. The average molecular weight is 471 g/mol. The van der Waals surface area contributed by atoms with Crippen LogP contribution in [-0.4, -0.2) is 36.6 Å². The van der Waals surface area contributed by atoms with Crippen LogP contribution in [0.4, 0.5) is 0 Å². The molecule has 0 amide bonds. The topological polar surface area (TPSA) is 28.3 Å². The van der Waals surface area contributed by atoms with Crippen molar-refractivity contribution in [2.75, 3.05) is 26.7 Å². The van der Waals surface area contributed by atoms with E-state index in [4.69, 9.17) is 16.3 Å². The molecule has 2 heterocycles. The molecule has 0 saturated carbocycles. The zero-order valence-electron chi connectivity index (χ0n) is 19.7. The predicted molar refractivity (Wildman–Crippen MR) is 140 cm³/mol. The molecule has 0 spiro atoms. The zero-order chi connectivity index (χ0) is 23.1. The molecule has 34 heavy (non-hydrogen) atoms. The number of hydrogen-bond donors (Lipinski definition) is 1. The number of ether oxygens (including phenoxy) is 1. The number of para-hydroxylation sites is 1. The van der Waals surface area contributed by atoms with Crippen LogP contribution in [0.3, 0.4) is 0 Å². The van der Waals surface area contributed by atoms with Crippen molar-refractivity contribution < 1.29 is 4.74 Å².